The Bertz CT molecular complexity index is 1870. The maximum atomic E-state index is 12.8. The number of imidazole rings is 2. The minimum absolute atomic E-state index is 0. The van der Waals surface area contributed by atoms with Crippen molar-refractivity contribution in [3.8, 4) is 11.5 Å². The quantitative estimate of drug-likeness (QED) is 0.0802. The fourth-order valence-corrected chi connectivity index (χ4v) is 4.74. The summed E-state index contributed by atoms with van der Waals surface area (Å²) in [5, 5.41) is 18.6. The Balaban J connectivity index is 0.000000302. The molecule has 0 atom stereocenters. The van der Waals surface area contributed by atoms with Gasteiger partial charge in [-0.2, -0.15) is 16.9 Å². The molecule has 0 saturated carbocycles. The standard InChI is InChI=1S/C8H3ClFN3.C7H3ClFIN2.C7H5NO2S.C4H8O.C4H9.Li/c9-8-6(3-11)13-4-5(10)1-2-7(13)12-8;8-6-7(10)12-3-4(9)1-2-5(12)11-6;8-6-11(9,10)7-4-2-1-3-5-7;1-2-4-5-3-1;1-3-4-2;/h1-2,4H;1-3H;1-5H;1-4H2;1,3-4H2,2H3;/q;;;;-1;+1. The Morgan fingerprint density at radius 2 is 1.43 bits per heavy atom. The van der Waals surface area contributed by atoms with E-state index >= 15 is 0 Å². The molecular formula is C30H28Cl2F2ILiN6O3S. The molecule has 1 aliphatic rings. The average molecular weight is 795 g/mol. The van der Waals surface area contributed by atoms with Crippen molar-refractivity contribution < 1.29 is 40.8 Å². The van der Waals surface area contributed by atoms with Crippen LogP contribution in [-0.2, 0) is 14.6 Å². The first kappa shape index (κ1) is 41.3. The summed E-state index contributed by atoms with van der Waals surface area (Å²) < 4.78 is 55.8. The van der Waals surface area contributed by atoms with Crippen LogP contribution < -0.4 is 18.9 Å². The van der Waals surface area contributed by atoms with Crippen LogP contribution in [-0.4, -0.2) is 40.4 Å². The van der Waals surface area contributed by atoms with Gasteiger partial charge in [-0.25, -0.2) is 27.2 Å². The van der Waals surface area contributed by atoms with Crippen LogP contribution in [0.15, 0.2) is 71.9 Å². The minimum Gasteiger partial charge on any atom is -0.381 e. The van der Waals surface area contributed by atoms with Gasteiger partial charge in [-0.3, -0.25) is 8.80 Å². The number of hydrogen-bond donors (Lipinski definition) is 0. The van der Waals surface area contributed by atoms with Gasteiger partial charge in [0.2, 0.25) is 0 Å². The summed E-state index contributed by atoms with van der Waals surface area (Å²) in [5.74, 6) is -0.729. The summed E-state index contributed by atoms with van der Waals surface area (Å²) in [6.45, 7) is 7.72. The molecule has 6 rings (SSSR count). The second-order valence-corrected chi connectivity index (χ2v) is 12.2. The summed E-state index contributed by atoms with van der Waals surface area (Å²) >= 11 is 13.4. The first-order chi connectivity index (χ1) is 21.5. The zero-order chi connectivity index (χ0) is 33.4. The van der Waals surface area contributed by atoms with Crippen LogP contribution in [0.4, 0.5) is 8.78 Å². The van der Waals surface area contributed by atoms with Gasteiger partial charge in [0.15, 0.2) is 21.4 Å². The van der Waals surface area contributed by atoms with Crippen LogP contribution in [0, 0.1) is 44.3 Å². The molecule has 0 unspecified atom stereocenters. The Hall–Kier alpha value is -2.74. The molecule has 0 amide bonds. The molecule has 46 heavy (non-hydrogen) atoms. The van der Waals surface area contributed by atoms with Crippen molar-refractivity contribution in [1.29, 1.82) is 10.5 Å². The van der Waals surface area contributed by atoms with Crippen LogP contribution in [0.25, 0.3) is 11.3 Å². The molecule has 1 aromatic carbocycles. The zero-order valence-electron chi connectivity index (χ0n) is 25.0. The second kappa shape index (κ2) is 21.2. The number of pyridine rings is 2. The van der Waals surface area contributed by atoms with Gasteiger partial charge in [0.05, 0.1) is 4.90 Å². The van der Waals surface area contributed by atoms with E-state index in [0.717, 1.165) is 23.3 Å². The number of unbranched alkanes of at least 4 members (excludes halogenated alkanes) is 1. The number of ether oxygens (including phenoxy) is 1. The van der Waals surface area contributed by atoms with Gasteiger partial charge in [-0.05, 0) is 71.8 Å². The fraction of sp³-hybridized carbons (Fsp3) is 0.233. The number of hydrogen-bond acceptors (Lipinski definition) is 7. The number of benzene rings is 1. The molecule has 1 fully saturated rings. The Labute approximate surface area is 302 Å². The van der Waals surface area contributed by atoms with Gasteiger partial charge in [0.1, 0.15) is 32.7 Å². The summed E-state index contributed by atoms with van der Waals surface area (Å²) in [5.41, 5.74) is 1.27. The third-order valence-corrected chi connectivity index (χ3v) is 8.50. The Kier molecular flexibility index (Phi) is 19.0. The molecule has 5 heterocycles. The van der Waals surface area contributed by atoms with Crippen LogP contribution in [0.5, 0.6) is 0 Å². The van der Waals surface area contributed by atoms with Gasteiger partial charge in [-0.15, -0.1) is 0 Å². The molecule has 0 N–H and O–H groups in total. The predicted molar refractivity (Wildman–Crippen MR) is 177 cm³/mol. The molecule has 9 nitrogen and oxygen atoms in total. The summed E-state index contributed by atoms with van der Waals surface area (Å²) in [4.78, 5) is 7.92. The van der Waals surface area contributed by atoms with Gasteiger partial charge in [-0.1, -0.05) is 54.7 Å². The fourth-order valence-electron chi connectivity index (χ4n) is 3.21. The number of nitrogens with zero attached hydrogens (tertiary/aromatic N) is 6. The SMILES string of the molecule is C1CCOC1.Fc1ccc2nc(Cl)c(I)n2c1.N#CS(=O)(=O)c1ccccc1.N#Cc1c(Cl)nc2ccc(F)cn12.[CH2-]CCC.[Li+]. The number of nitriles is 2. The van der Waals surface area contributed by atoms with E-state index in [9.17, 15) is 17.2 Å². The molecule has 5 aromatic rings. The third-order valence-electron chi connectivity index (χ3n) is 5.49. The van der Waals surface area contributed by atoms with E-state index in [0.29, 0.717) is 16.4 Å². The molecule has 4 aromatic heterocycles. The molecule has 1 aliphatic heterocycles. The molecule has 238 valence electrons. The summed E-state index contributed by atoms with van der Waals surface area (Å²) in [7, 11) is -3.69. The zero-order valence-corrected chi connectivity index (χ0v) is 29.5. The molecule has 1 saturated heterocycles. The number of rotatable bonds is 2. The molecule has 16 heteroatoms. The van der Waals surface area contributed by atoms with Crippen LogP contribution in [0.2, 0.25) is 10.3 Å². The van der Waals surface area contributed by atoms with E-state index in [-0.39, 0.29) is 40.4 Å². The van der Waals surface area contributed by atoms with E-state index < -0.39 is 15.7 Å². The number of aromatic nitrogens is 4. The predicted octanol–water partition coefficient (Wildman–Crippen LogP) is 5.09. The summed E-state index contributed by atoms with van der Waals surface area (Å²) in [6, 6.07) is 15.1. The van der Waals surface area contributed by atoms with Crippen LogP contribution in [0.1, 0.15) is 38.3 Å². The van der Waals surface area contributed by atoms with Crippen molar-refractivity contribution >= 4 is 66.9 Å². The van der Waals surface area contributed by atoms with E-state index in [4.69, 9.17) is 38.5 Å². The normalized spacial score (nSPS) is 11.5. The van der Waals surface area contributed by atoms with E-state index in [1.165, 1.54) is 71.8 Å². The molecule has 0 aliphatic carbocycles. The monoisotopic (exact) mass is 794 g/mol. The number of fused-ring (bicyclic) bond motifs is 2. The topological polar surface area (TPSA) is 126 Å². The van der Waals surface area contributed by atoms with Crippen molar-refractivity contribution in [3.63, 3.8) is 0 Å². The van der Waals surface area contributed by atoms with Crippen molar-refractivity contribution in [3.05, 3.63) is 105 Å². The van der Waals surface area contributed by atoms with E-state index in [1.54, 1.807) is 28.7 Å². The maximum Gasteiger partial charge on any atom is 1.00 e. The smallest absolute Gasteiger partial charge is 0.381 e. The van der Waals surface area contributed by atoms with Crippen molar-refractivity contribution in [2.75, 3.05) is 13.2 Å². The van der Waals surface area contributed by atoms with Gasteiger partial charge < -0.3 is 11.7 Å². The second-order valence-electron chi connectivity index (χ2n) is 8.79. The van der Waals surface area contributed by atoms with E-state index in [2.05, 4.69) is 23.8 Å². The molecule has 0 bridgehead atoms. The molecular weight excluding hydrogens is 767 g/mol. The maximum absolute atomic E-state index is 12.8. The molecule has 0 radical (unpaired) electrons. The Morgan fingerprint density at radius 3 is 1.89 bits per heavy atom. The molecule has 0 spiro atoms. The van der Waals surface area contributed by atoms with E-state index in [1.807, 2.05) is 28.7 Å². The van der Waals surface area contributed by atoms with Crippen LogP contribution >= 0.6 is 45.8 Å². The van der Waals surface area contributed by atoms with Gasteiger partial charge in [0, 0.05) is 25.6 Å². The summed E-state index contributed by atoms with van der Waals surface area (Å²) in [6.07, 6.45) is 7.36. The van der Waals surface area contributed by atoms with Crippen LogP contribution in [0.3, 0.4) is 0 Å². The van der Waals surface area contributed by atoms with Crippen molar-refractivity contribution in [2.24, 2.45) is 0 Å². The number of halogens is 5. The first-order valence-electron chi connectivity index (χ1n) is 13.3. The van der Waals surface area contributed by atoms with Gasteiger partial charge in [0.25, 0.3) is 9.84 Å². The largest absolute Gasteiger partial charge is 1.00 e. The average Bonchev–Trinajstić information content (AvgIpc) is 3.79. The van der Waals surface area contributed by atoms with Gasteiger partial charge >= 0.3 is 18.9 Å². The Morgan fingerprint density at radius 1 is 0.935 bits per heavy atom. The first-order valence-corrected chi connectivity index (χ1v) is 16.6. The third kappa shape index (κ3) is 12.8. The number of sulfone groups is 1. The van der Waals surface area contributed by atoms with Crippen molar-refractivity contribution in [1.82, 2.24) is 18.8 Å². The van der Waals surface area contributed by atoms with Crippen molar-refractivity contribution in [2.45, 2.75) is 37.5 Å². The number of thiocyanates is 1. The minimum atomic E-state index is -3.69.